The fourth-order valence-electron chi connectivity index (χ4n) is 3.22. The van der Waals surface area contributed by atoms with Crippen molar-refractivity contribution in [2.75, 3.05) is 13.2 Å². The van der Waals surface area contributed by atoms with Gasteiger partial charge in [-0.1, -0.05) is 18.2 Å². The van der Waals surface area contributed by atoms with Crippen molar-refractivity contribution in [1.82, 2.24) is 5.32 Å². The predicted octanol–water partition coefficient (Wildman–Crippen LogP) is 3.46. The van der Waals surface area contributed by atoms with Crippen molar-refractivity contribution in [2.45, 2.75) is 24.9 Å². The first-order valence-electron chi connectivity index (χ1n) is 8.11. The van der Waals surface area contributed by atoms with E-state index < -0.39 is 23.1 Å². The van der Waals surface area contributed by atoms with Crippen LogP contribution in [0, 0.1) is 11.6 Å². The summed E-state index contributed by atoms with van der Waals surface area (Å²) in [4.78, 5) is 11.1. The van der Waals surface area contributed by atoms with Crippen LogP contribution in [0.15, 0.2) is 42.5 Å². The van der Waals surface area contributed by atoms with E-state index in [-0.39, 0.29) is 5.56 Å². The third-order valence-electron chi connectivity index (χ3n) is 4.60. The van der Waals surface area contributed by atoms with Gasteiger partial charge in [0.25, 0.3) is 0 Å². The molecule has 0 saturated carbocycles. The van der Waals surface area contributed by atoms with Crippen LogP contribution < -0.4 is 5.32 Å². The molecule has 0 amide bonds. The first kappa shape index (κ1) is 17.5. The fourth-order valence-corrected chi connectivity index (χ4v) is 3.22. The van der Waals surface area contributed by atoms with E-state index in [1.807, 2.05) is 6.07 Å². The van der Waals surface area contributed by atoms with Crippen LogP contribution in [0.25, 0.3) is 0 Å². The second-order valence-electron chi connectivity index (χ2n) is 6.18. The normalized spacial score (nSPS) is 16.6. The maximum Gasteiger partial charge on any atom is 0.335 e. The van der Waals surface area contributed by atoms with E-state index in [1.165, 1.54) is 18.2 Å². The van der Waals surface area contributed by atoms with Gasteiger partial charge in [0, 0.05) is 31.4 Å². The van der Waals surface area contributed by atoms with Gasteiger partial charge in [0.05, 0.1) is 11.1 Å². The summed E-state index contributed by atoms with van der Waals surface area (Å²) in [5.74, 6) is -2.20. The number of carbonyl (C=O) groups is 1. The number of carboxylic acids is 1. The quantitative estimate of drug-likeness (QED) is 0.870. The van der Waals surface area contributed by atoms with Crippen molar-refractivity contribution in [1.29, 1.82) is 0 Å². The van der Waals surface area contributed by atoms with Gasteiger partial charge in [-0.3, -0.25) is 0 Å². The van der Waals surface area contributed by atoms with Crippen LogP contribution in [0.2, 0.25) is 0 Å². The average molecular weight is 347 g/mol. The smallest absolute Gasteiger partial charge is 0.335 e. The van der Waals surface area contributed by atoms with Crippen LogP contribution in [-0.4, -0.2) is 24.3 Å². The lowest BCUT2D eigenvalue weighted by molar-refractivity contribution is 0.0343. The van der Waals surface area contributed by atoms with E-state index in [9.17, 15) is 13.6 Å². The molecule has 4 nitrogen and oxygen atoms in total. The van der Waals surface area contributed by atoms with Crippen LogP contribution in [-0.2, 0) is 16.8 Å². The van der Waals surface area contributed by atoms with Gasteiger partial charge >= 0.3 is 5.97 Å². The van der Waals surface area contributed by atoms with Gasteiger partial charge in [0.15, 0.2) is 0 Å². The van der Waals surface area contributed by atoms with Gasteiger partial charge < -0.3 is 15.2 Å². The number of nitrogens with one attached hydrogen (secondary N) is 1. The summed E-state index contributed by atoms with van der Waals surface area (Å²) >= 11 is 0. The Morgan fingerprint density at radius 2 is 1.92 bits per heavy atom. The maximum absolute atomic E-state index is 14.4. The second kappa shape index (κ2) is 7.29. The summed E-state index contributed by atoms with van der Waals surface area (Å²) in [5.41, 5.74) is 0.725. The summed E-state index contributed by atoms with van der Waals surface area (Å²) in [5, 5.41) is 12.5. The highest BCUT2D eigenvalue weighted by atomic mass is 19.1. The number of ether oxygens (including phenoxy) is 1. The van der Waals surface area contributed by atoms with Crippen molar-refractivity contribution >= 4 is 5.97 Å². The van der Waals surface area contributed by atoms with Crippen molar-refractivity contribution in [3.8, 4) is 0 Å². The average Bonchev–Trinajstić information content (AvgIpc) is 2.61. The summed E-state index contributed by atoms with van der Waals surface area (Å²) in [6.07, 6.45) is 1.10. The van der Waals surface area contributed by atoms with E-state index in [0.717, 1.165) is 11.6 Å². The molecule has 6 heteroatoms. The van der Waals surface area contributed by atoms with Crippen LogP contribution >= 0.6 is 0 Å². The molecule has 2 aromatic rings. The summed E-state index contributed by atoms with van der Waals surface area (Å²) in [6, 6.07) is 10.2. The van der Waals surface area contributed by atoms with E-state index in [0.29, 0.717) is 38.2 Å². The third kappa shape index (κ3) is 3.86. The van der Waals surface area contributed by atoms with Gasteiger partial charge in [-0.25, -0.2) is 13.6 Å². The lowest BCUT2D eigenvalue weighted by atomic mass is 9.82. The van der Waals surface area contributed by atoms with Gasteiger partial charge in [-0.05, 0) is 36.6 Å². The van der Waals surface area contributed by atoms with Gasteiger partial charge in [0.1, 0.15) is 11.6 Å². The molecule has 1 fully saturated rings. The molecule has 1 aliphatic rings. The zero-order valence-electron chi connectivity index (χ0n) is 13.6. The Bertz CT molecular complexity index is 773. The van der Waals surface area contributed by atoms with Crippen LogP contribution in [0.4, 0.5) is 8.78 Å². The highest BCUT2D eigenvalue weighted by Crippen LogP contribution is 2.34. The molecule has 0 aromatic heterocycles. The Morgan fingerprint density at radius 3 is 2.60 bits per heavy atom. The first-order chi connectivity index (χ1) is 12.0. The number of hydrogen-bond acceptors (Lipinski definition) is 3. The minimum atomic E-state index is -0.993. The molecule has 0 bridgehead atoms. The maximum atomic E-state index is 14.4. The summed E-state index contributed by atoms with van der Waals surface area (Å²) in [6.45, 7) is 1.32. The predicted molar refractivity (Wildman–Crippen MR) is 88.3 cm³/mol. The minimum Gasteiger partial charge on any atom is -0.478 e. The van der Waals surface area contributed by atoms with Gasteiger partial charge in [-0.15, -0.1) is 0 Å². The van der Waals surface area contributed by atoms with Crippen molar-refractivity contribution in [3.05, 3.63) is 70.8 Å². The Balaban J connectivity index is 1.86. The Kier molecular flexibility index (Phi) is 5.11. The number of rotatable bonds is 5. The van der Waals surface area contributed by atoms with E-state index in [1.54, 1.807) is 12.1 Å². The molecular formula is C19H19F2NO3. The minimum absolute atomic E-state index is 0.202. The van der Waals surface area contributed by atoms with E-state index >= 15 is 0 Å². The number of halogens is 2. The standard InChI is InChI=1S/C19H19F2NO3/c20-15-4-5-16(17(21)11-15)19(6-8-25-9-7-19)22-12-13-2-1-3-14(10-13)18(23)24/h1-5,10-11,22H,6-9,12H2,(H,23,24). The van der Waals surface area contributed by atoms with Crippen LogP contribution in [0.1, 0.15) is 34.3 Å². The lowest BCUT2D eigenvalue weighted by Gasteiger charge is -2.39. The molecule has 25 heavy (non-hydrogen) atoms. The molecule has 0 unspecified atom stereocenters. The van der Waals surface area contributed by atoms with Gasteiger partial charge in [-0.2, -0.15) is 0 Å². The Labute approximate surface area is 144 Å². The molecular weight excluding hydrogens is 328 g/mol. The molecule has 0 aliphatic carbocycles. The highest BCUT2D eigenvalue weighted by Gasteiger charge is 2.36. The Hall–Kier alpha value is -2.31. The summed E-state index contributed by atoms with van der Waals surface area (Å²) < 4.78 is 33.0. The number of hydrogen-bond donors (Lipinski definition) is 2. The largest absolute Gasteiger partial charge is 0.478 e. The molecule has 0 radical (unpaired) electrons. The second-order valence-corrected chi connectivity index (χ2v) is 6.18. The molecule has 1 saturated heterocycles. The van der Waals surface area contributed by atoms with Crippen LogP contribution in [0.5, 0.6) is 0 Å². The molecule has 1 aliphatic heterocycles. The van der Waals surface area contributed by atoms with Crippen molar-refractivity contribution in [3.63, 3.8) is 0 Å². The van der Waals surface area contributed by atoms with Crippen molar-refractivity contribution in [2.24, 2.45) is 0 Å². The van der Waals surface area contributed by atoms with E-state index in [2.05, 4.69) is 5.32 Å². The monoisotopic (exact) mass is 347 g/mol. The molecule has 3 rings (SSSR count). The zero-order valence-corrected chi connectivity index (χ0v) is 13.6. The molecule has 1 heterocycles. The van der Waals surface area contributed by atoms with Gasteiger partial charge in [0.2, 0.25) is 0 Å². The molecule has 2 aromatic carbocycles. The lowest BCUT2D eigenvalue weighted by Crippen LogP contribution is -2.47. The summed E-state index contributed by atoms with van der Waals surface area (Å²) in [7, 11) is 0. The van der Waals surface area contributed by atoms with Crippen molar-refractivity contribution < 1.29 is 23.4 Å². The molecule has 0 atom stereocenters. The Morgan fingerprint density at radius 1 is 1.16 bits per heavy atom. The first-order valence-corrected chi connectivity index (χ1v) is 8.11. The molecule has 132 valence electrons. The number of benzene rings is 2. The highest BCUT2D eigenvalue weighted by molar-refractivity contribution is 5.87. The molecule has 0 spiro atoms. The number of carboxylic acid groups (broad SMARTS) is 1. The molecule has 2 N–H and O–H groups in total. The zero-order chi connectivity index (χ0) is 17.9. The topological polar surface area (TPSA) is 58.6 Å². The third-order valence-corrected chi connectivity index (χ3v) is 4.60. The van der Waals surface area contributed by atoms with Crippen LogP contribution in [0.3, 0.4) is 0 Å². The SMILES string of the molecule is O=C(O)c1cccc(CNC2(c3ccc(F)cc3F)CCOCC2)c1. The fraction of sp³-hybridized carbons (Fsp3) is 0.316. The number of aromatic carboxylic acids is 1. The van der Waals surface area contributed by atoms with E-state index in [4.69, 9.17) is 9.84 Å².